The first kappa shape index (κ1) is 14.3. The molecule has 0 saturated carbocycles. The Kier molecular flexibility index (Phi) is 5.38. The van der Waals surface area contributed by atoms with Crippen LogP contribution in [0.15, 0.2) is 42.7 Å². The molecular weight excluding hydrogens is 252 g/mol. The van der Waals surface area contributed by atoms with Gasteiger partial charge in [-0.2, -0.15) is 0 Å². The number of nitrogens with zero attached hydrogens (tertiary/aromatic N) is 1. The zero-order valence-electron chi connectivity index (χ0n) is 12.0. The molecule has 0 radical (unpaired) electrons. The van der Waals surface area contributed by atoms with E-state index < -0.39 is 0 Å². The topological polar surface area (TPSA) is 48.0 Å². The molecule has 20 heavy (non-hydrogen) atoms. The van der Waals surface area contributed by atoms with E-state index in [0.717, 1.165) is 30.2 Å². The fraction of sp³-hybridized carbons (Fsp3) is 0.312. The van der Waals surface area contributed by atoms with E-state index >= 15 is 0 Å². The summed E-state index contributed by atoms with van der Waals surface area (Å²) >= 11 is 0. The Morgan fingerprint density at radius 1 is 1.15 bits per heavy atom. The van der Waals surface area contributed by atoms with Gasteiger partial charge < -0.3 is 14.8 Å². The summed E-state index contributed by atoms with van der Waals surface area (Å²) < 4.78 is 11.1. The van der Waals surface area contributed by atoms with Crippen LogP contribution in [0, 0.1) is 0 Å². The minimum atomic E-state index is 0.635. The van der Waals surface area contributed by atoms with Gasteiger partial charge in [-0.3, -0.25) is 4.98 Å². The van der Waals surface area contributed by atoms with Crippen molar-refractivity contribution in [1.29, 1.82) is 0 Å². The van der Waals surface area contributed by atoms with Gasteiger partial charge in [0, 0.05) is 18.0 Å². The predicted octanol–water partition coefficient (Wildman–Crippen LogP) is 1.75. The fourth-order valence-electron chi connectivity index (χ4n) is 2.10. The normalized spacial score (nSPS) is 10.3. The van der Waals surface area contributed by atoms with E-state index in [4.69, 9.17) is 9.47 Å². The smallest absolute Gasteiger partial charge is 0.169 e. The Hall–Kier alpha value is -2.07. The molecule has 1 aromatic carbocycles. The molecule has 0 spiro atoms. The summed E-state index contributed by atoms with van der Waals surface area (Å²) in [5, 5.41) is 2.23. The van der Waals surface area contributed by atoms with Crippen LogP contribution in [0.3, 0.4) is 0 Å². The highest BCUT2D eigenvalue weighted by Crippen LogP contribution is 2.30. The Bertz CT molecular complexity index is 529. The van der Waals surface area contributed by atoms with Crippen LogP contribution in [0.4, 0.5) is 0 Å². The van der Waals surface area contributed by atoms with Crippen LogP contribution >= 0.6 is 0 Å². The minimum Gasteiger partial charge on any atom is -0.493 e. The SMILES string of the molecule is CCOc1c(C[NH2+]Cc2cccnc2)cccc1OC. The van der Waals surface area contributed by atoms with Crippen molar-refractivity contribution >= 4 is 0 Å². The number of methoxy groups -OCH3 is 1. The summed E-state index contributed by atoms with van der Waals surface area (Å²) in [6.07, 6.45) is 3.68. The first-order chi connectivity index (χ1) is 9.85. The number of pyridine rings is 1. The van der Waals surface area contributed by atoms with Gasteiger partial charge in [-0.25, -0.2) is 0 Å². The zero-order chi connectivity index (χ0) is 14.2. The number of aromatic nitrogens is 1. The average molecular weight is 273 g/mol. The van der Waals surface area contributed by atoms with E-state index in [9.17, 15) is 0 Å². The van der Waals surface area contributed by atoms with Crippen molar-refractivity contribution in [3.05, 3.63) is 53.9 Å². The lowest BCUT2D eigenvalue weighted by molar-refractivity contribution is -0.686. The summed E-state index contributed by atoms with van der Waals surface area (Å²) in [6, 6.07) is 10.0. The summed E-state index contributed by atoms with van der Waals surface area (Å²) in [5.41, 5.74) is 2.36. The highest BCUT2D eigenvalue weighted by atomic mass is 16.5. The molecule has 0 aliphatic carbocycles. The lowest BCUT2D eigenvalue weighted by Crippen LogP contribution is -2.80. The maximum atomic E-state index is 5.70. The van der Waals surface area contributed by atoms with Gasteiger partial charge in [0.25, 0.3) is 0 Å². The molecule has 0 saturated heterocycles. The van der Waals surface area contributed by atoms with Gasteiger partial charge >= 0.3 is 0 Å². The molecule has 1 aromatic heterocycles. The number of nitrogens with two attached hydrogens (primary N) is 1. The minimum absolute atomic E-state index is 0.635. The van der Waals surface area contributed by atoms with E-state index in [-0.39, 0.29) is 0 Å². The molecule has 1 heterocycles. The molecule has 0 aliphatic rings. The third-order valence-electron chi connectivity index (χ3n) is 3.04. The van der Waals surface area contributed by atoms with Gasteiger partial charge in [0.1, 0.15) is 13.1 Å². The number of hydrogen-bond acceptors (Lipinski definition) is 3. The van der Waals surface area contributed by atoms with Crippen molar-refractivity contribution in [3.63, 3.8) is 0 Å². The Morgan fingerprint density at radius 2 is 2.05 bits per heavy atom. The third-order valence-corrected chi connectivity index (χ3v) is 3.04. The molecule has 2 rings (SSSR count). The number of benzene rings is 1. The molecule has 0 amide bonds. The van der Waals surface area contributed by atoms with Gasteiger partial charge in [-0.15, -0.1) is 0 Å². The van der Waals surface area contributed by atoms with Crippen LogP contribution in [0.1, 0.15) is 18.1 Å². The summed E-state index contributed by atoms with van der Waals surface area (Å²) in [7, 11) is 1.67. The maximum absolute atomic E-state index is 5.70. The van der Waals surface area contributed by atoms with Crippen LogP contribution in [0.2, 0.25) is 0 Å². The molecule has 2 N–H and O–H groups in total. The second-order valence-electron chi connectivity index (χ2n) is 4.44. The van der Waals surface area contributed by atoms with E-state index in [0.29, 0.717) is 6.61 Å². The number of rotatable bonds is 7. The summed E-state index contributed by atoms with van der Waals surface area (Å²) in [5.74, 6) is 1.64. The average Bonchev–Trinajstić information content (AvgIpc) is 2.50. The number of hydrogen-bond donors (Lipinski definition) is 1. The Balaban J connectivity index is 2.01. The lowest BCUT2D eigenvalue weighted by Gasteiger charge is -2.13. The molecule has 0 unspecified atom stereocenters. The fourth-order valence-corrected chi connectivity index (χ4v) is 2.10. The number of para-hydroxylation sites is 1. The second kappa shape index (κ2) is 7.50. The van der Waals surface area contributed by atoms with Crippen molar-refractivity contribution in [2.45, 2.75) is 20.0 Å². The number of quaternary nitrogens is 1. The second-order valence-corrected chi connectivity index (χ2v) is 4.44. The highest BCUT2D eigenvalue weighted by molar-refractivity contribution is 5.46. The molecule has 4 nitrogen and oxygen atoms in total. The van der Waals surface area contributed by atoms with Crippen LogP contribution in [0.25, 0.3) is 0 Å². The molecule has 0 aliphatic heterocycles. The first-order valence-corrected chi connectivity index (χ1v) is 6.84. The molecule has 106 valence electrons. The lowest BCUT2D eigenvalue weighted by atomic mass is 10.1. The number of ether oxygens (including phenoxy) is 2. The highest BCUT2D eigenvalue weighted by Gasteiger charge is 2.11. The van der Waals surface area contributed by atoms with E-state index in [1.165, 1.54) is 5.56 Å². The Labute approximate surface area is 119 Å². The van der Waals surface area contributed by atoms with E-state index in [1.807, 2.05) is 31.3 Å². The predicted molar refractivity (Wildman–Crippen MR) is 77.7 cm³/mol. The molecule has 4 heteroatoms. The standard InChI is InChI=1S/C16H20N2O2/c1-3-20-16-14(7-4-8-15(16)19-2)12-18-11-13-6-5-9-17-10-13/h4-10,18H,3,11-12H2,1-2H3/p+1. The molecule has 0 fully saturated rings. The quantitative estimate of drug-likeness (QED) is 0.836. The zero-order valence-corrected chi connectivity index (χ0v) is 12.0. The van der Waals surface area contributed by atoms with Crippen LogP contribution in [0.5, 0.6) is 11.5 Å². The largest absolute Gasteiger partial charge is 0.493 e. The van der Waals surface area contributed by atoms with Gasteiger partial charge in [0.05, 0.1) is 19.3 Å². The van der Waals surface area contributed by atoms with Crippen LogP contribution in [-0.4, -0.2) is 18.7 Å². The van der Waals surface area contributed by atoms with Gasteiger partial charge in [-0.1, -0.05) is 12.1 Å². The molecular formula is C16H21N2O2+. The summed E-state index contributed by atoms with van der Waals surface area (Å²) in [4.78, 5) is 4.12. The van der Waals surface area contributed by atoms with Crippen LogP contribution in [-0.2, 0) is 13.1 Å². The van der Waals surface area contributed by atoms with E-state index in [2.05, 4.69) is 22.4 Å². The first-order valence-electron chi connectivity index (χ1n) is 6.84. The molecule has 0 atom stereocenters. The van der Waals surface area contributed by atoms with Crippen molar-refractivity contribution in [3.8, 4) is 11.5 Å². The van der Waals surface area contributed by atoms with Gasteiger partial charge in [0.15, 0.2) is 11.5 Å². The summed E-state index contributed by atoms with van der Waals surface area (Å²) in [6.45, 7) is 4.36. The maximum Gasteiger partial charge on any atom is 0.169 e. The van der Waals surface area contributed by atoms with Crippen molar-refractivity contribution in [2.75, 3.05) is 13.7 Å². The van der Waals surface area contributed by atoms with E-state index in [1.54, 1.807) is 13.3 Å². The molecule has 2 aromatic rings. The van der Waals surface area contributed by atoms with Crippen molar-refractivity contribution in [1.82, 2.24) is 4.98 Å². The third kappa shape index (κ3) is 3.71. The van der Waals surface area contributed by atoms with Crippen molar-refractivity contribution < 1.29 is 14.8 Å². The molecule has 0 bridgehead atoms. The monoisotopic (exact) mass is 273 g/mol. The van der Waals surface area contributed by atoms with Gasteiger partial charge in [0.2, 0.25) is 0 Å². The van der Waals surface area contributed by atoms with Crippen molar-refractivity contribution in [2.24, 2.45) is 0 Å². The van der Waals surface area contributed by atoms with Gasteiger partial charge in [-0.05, 0) is 25.1 Å². The van der Waals surface area contributed by atoms with Crippen LogP contribution < -0.4 is 14.8 Å². The Morgan fingerprint density at radius 3 is 2.75 bits per heavy atom.